The molecule has 3 aliphatic heterocycles. The zero-order chi connectivity index (χ0) is 22.7. The van der Waals surface area contributed by atoms with E-state index in [1.807, 2.05) is 13.8 Å². The molecule has 3 unspecified atom stereocenters. The summed E-state index contributed by atoms with van der Waals surface area (Å²) in [5.74, 6) is 2.07. The predicted molar refractivity (Wildman–Crippen MR) is 130 cm³/mol. The second-order valence-corrected chi connectivity index (χ2v) is 10.7. The van der Waals surface area contributed by atoms with Crippen molar-refractivity contribution in [3.8, 4) is 0 Å². The molecule has 2 bridgehead atoms. The number of carbonyl (C=O) groups excluding carboxylic acids is 1. The molecule has 0 N–H and O–H groups in total. The lowest BCUT2D eigenvalue weighted by Crippen LogP contribution is -2.56. The van der Waals surface area contributed by atoms with Crippen LogP contribution >= 0.6 is 0 Å². The average molecular weight is 442 g/mol. The second kappa shape index (κ2) is 10.6. The maximum atomic E-state index is 11.8. The van der Waals surface area contributed by atoms with Gasteiger partial charge in [-0.3, -0.25) is 9.69 Å². The van der Waals surface area contributed by atoms with Crippen LogP contribution in [-0.2, 0) is 4.79 Å². The Morgan fingerprint density at radius 2 is 1.66 bits per heavy atom. The molecule has 3 fully saturated rings. The first-order valence-corrected chi connectivity index (χ1v) is 13.1. The van der Waals surface area contributed by atoms with Crippen LogP contribution in [0.25, 0.3) is 0 Å². The first kappa shape index (κ1) is 23.6. The maximum Gasteiger partial charge on any atom is 0.225 e. The minimum atomic E-state index is 0.169. The Morgan fingerprint density at radius 3 is 2.22 bits per heavy atom. The van der Waals surface area contributed by atoms with Crippen LogP contribution < -0.4 is 4.90 Å². The zero-order valence-corrected chi connectivity index (χ0v) is 20.7. The molecule has 1 aromatic rings. The molecule has 0 amide bonds. The van der Waals surface area contributed by atoms with E-state index in [9.17, 15) is 4.79 Å². The van der Waals surface area contributed by atoms with Crippen LogP contribution in [0.15, 0.2) is 12.4 Å². The molecule has 32 heavy (non-hydrogen) atoms. The van der Waals surface area contributed by atoms with Gasteiger partial charge >= 0.3 is 0 Å². The molecule has 3 aliphatic rings. The van der Waals surface area contributed by atoms with Crippen LogP contribution in [0, 0.1) is 5.92 Å². The fourth-order valence-electron chi connectivity index (χ4n) is 5.81. The Balaban J connectivity index is 1.27. The number of piperidine rings is 1. The number of aromatic nitrogens is 2. The molecule has 6 nitrogen and oxygen atoms in total. The third-order valence-corrected chi connectivity index (χ3v) is 8.21. The summed E-state index contributed by atoms with van der Waals surface area (Å²) in [4.78, 5) is 29.3. The van der Waals surface area contributed by atoms with Crippen LogP contribution in [0.1, 0.15) is 84.1 Å². The summed E-state index contributed by atoms with van der Waals surface area (Å²) in [6.45, 7) is 14.2. The number of anilines is 1. The largest absolute Gasteiger partial charge is 0.332 e. The maximum absolute atomic E-state index is 11.8. The minimum Gasteiger partial charge on any atom is -0.332 e. The molecule has 0 spiro atoms. The monoisotopic (exact) mass is 441 g/mol. The van der Waals surface area contributed by atoms with Gasteiger partial charge in [0.05, 0.1) is 0 Å². The van der Waals surface area contributed by atoms with E-state index in [0.717, 1.165) is 51.5 Å². The number of fused-ring (bicyclic) bond motifs is 2. The third-order valence-electron chi connectivity index (χ3n) is 8.21. The molecule has 0 saturated carbocycles. The van der Waals surface area contributed by atoms with Crippen molar-refractivity contribution in [3.63, 3.8) is 0 Å². The SMILES string of the molecule is CCC(C)N1CC2CCC(C1)N2c1ncc(C2CCN(CCCC(=O)C(C)C)CC2)cn1. The van der Waals surface area contributed by atoms with Crippen molar-refractivity contribution in [1.82, 2.24) is 19.8 Å². The van der Waals surface area contributed by atoms with E-state index >= 15 is 0 Å². The Bertz CT molecular complexity index is 729. The van der Waals surface area contributed by atoms with Gasteiger partial charge in [0, 0.05) is 55.9 Å². The van der Waals surface area contributed by atoms with Crippen molar-refractivity contribution in [3.05, 3.63) is 18.0 Å². The van der Waals surface area contributed by atoms with E-state index in [2.05, 4.69) is 40.9 Å². The highest BCUT2D eigenvalue weighted by Gasteiger charge is 2.42. The highest BCUT2D eigenvalue weighted by Crippen LogP contribution is 2.35. The fourth-order valence-corrected chi connectivity index (χ4v) is 5.81. The fraction of sp³-hybridized carbons (Fsp3) is 0.808. The number of piperazine rings is 1. The standard InChI is InChI=1S/C26H43N5O/c1-5-20(4)30-17-23-8-9-24(18-30)31(23)26-27-15-22(16-28-26)21-10-13-29(14-11-21)12-6-7-25(32)19(2)3/h15-16,19-21,23-24H,5-14,17-18H2,1-4H3. The minimum absolute atomic E-state index is 0.169. The number of hydrogen-bond donors (Lipinski definition) is 0. The lowest BCUT2D eigenvalue weighted by Gasteiger charge is -2.43. The summed E-state index contributed by atoms with van der Waals surface area (Å²) in [6.07, 6.45) is 12.0. The van der Waals surface area contributed by atoms with E-state index in [0.29, 0.717) is 29.8 Å². The zero-order valence-electron chi connectivity index (χ0n) is 20.7. The molecule has 1 aromatic heterocycles. The van der Waals surface area contributed by atoms with Crippen molar-refractivity contribution in [2.75, 3.05) is 37.6 Å². The molecule has 3 atom stereocenters. The summed E-state index contributed by atoms with van der Waals surface area (Å²) in [6, 6.07) is 1.81. The number of carbonyl (C=O) groups is 1. The van der Waals surface area contributed by atoms with Gasteiger partial charge in [0.2, 0.25) is 5.95 Å². The Kier molecular flexibility index (Phi) is 7.83. The molecule has 4 heterocycles. The number of ketones is 1. The molecule has 0 aromatic carbocycles. The van der Waals surface area contributed by atoms with Crippen LogP contribution in [0.5, 0.6) is 0 Å². The number of hydrogen-bond acceptors (Lipinski definition) is 6. The highest BCUT2D eigenvalue weighted by molar-refractivity contribution is 5.80. The quantitative estimate of drug-likeness (QED) is 0.575. The van der Waals surface area contributed by atoms with Gasteiger partial charge in [0.25, 0.3) is 0 Å². The smallest absolute Gasteiger partial charge is 0.225 e. The van der Waals surface area contributed by atoms with Crippen molar-refractivity contribution >= 4 is 11.7 Å². The van der Waals surface area contributed by atoms with E-state index < -0.39 is 0 Å². The first-order chi connectivity index (χ1) is 15.5. The molecule has 178 valence electrons. The van der Waals surface area contributed by atoms with Gasteiger partial charge in [0.1, 0.15) is 5.78 Å². The lowest BCUT2D eigenvalue weighted by molar-refractivity contribution is -0.122. The molecule has 0 radical (unpaired) electrons. The topological polar surface area (TPSA) is 52.6 Å². The summed E-state index contributed by atoms with van der Waals surface area (Å²) < 4.78 is 0. The third kappa shape index (κ3) is 5.33. The molecule has 4 rings (SSSR count). The van der Waals surface area contributed by atoms with Crippen molar-refractivity contribution in [2.24, 2.45) is 5.92 Å². The first-order valence-electron chi connectivity index (χ1n) is 13.1. The van der Waals surface area contributed by atoms with Crippen molar-refractivity contribution < 1.29 is 4.79 Å². The lowest BCUT2D eigenvalue weighted by atomic mass is 9.91. The van der Waals surface area contributed by atoms with Gasteiger partial charge in [-0.25, -0.2) is 9.97 Å². The molecule has 0 aliphatic carbocycles. The number of nitrogens with zero attached hydrogens (tertiary/aromatic N) is 5. The van der Waals surface area contributed by atoms with Gasteiger partial charge in [0.15, 0.2) is 0 Å². The number of Topliss-reactive ketones (excluding diaryl/α,β-unsaturated/α-hetero) is 1. The van der Waals surface area contributed by atoms with Crippen LogP contribution in [0.3, 0.4) is 0 Å². The van der Waals surface area contributed by atoms with Crippen molar-refractivity contribution in [1.29, 1.82) is 0 Å². The van der Waals surface area contributed by atoms with Gasteiger partial charge in [-0.05, 0) is 76.6 Å². The van der Waals surface area contributed by atoms with Gasteiger partial charge < -0.3 is 9.80 Å². The highest BCUT2D eigenvalue weighted by atomic mass is 16.1. The number of rotatable bonds is 9. The summed E-state index contributed by atoms with van der Waals surface area (Å²) in [7, 11) is 0. The van der Waals surface area contributed by atoms with Crippen LogP contribution in [0.2, 0.25) is 0 Å². The Labute approximate surface area is 194 Å². The molecular weight excluding hydrogens is 398 g/mol. The molecule has 6 heteroatoms. The summed E-state index contributed by atoms with van der Waals surface area (Å²) >= 11 is 0. The normalized spacial score (nSPS) is 26.1. The summed E-state index contributed by atoms with van der Waals surface area (Å²) in [5.41, 5.74) is 1.30. The van der Waals surface area contributed by atoms with Crippen LogP contribution in [-0.4, -0.2) is 76.4 Å². The van der Waals surface area contributed by atoms with Crippen molar-refractivity contribution in [2.45, 2.75) is 96.7 Å². The summed E-state index contributed by atoms with van der Waals surface area (Å²) in [5, 5.41) is 0. The number of likely N-dealkylation sites (tertiary alicyclic amines) is 2. The van der Waals surface area contributed by atoms with Crippen LogP contribution in [0.4, 0.5) is 5.95 Å². The van der Waals surface area contributed by atoms with E-state index in [4.69, 9.17) is 9.97 Å². The Morgan fingerprint density at radius 1 is 1.03 bits per heavy atom. The van der Waals surface area contributed by atoms with Gasteiger partial charge in [-0.15, -0.1) is 0 Å². The van der Waals surface area contributed by atoms with Gasteiger partial charge in [-0.2, -0.15) is 0 Å². The van der Waals surface area contributed by atoms with E-state index in [1.54, 1.807) is 0 Å². The molecule has 3 saturated heterocycles. The average Bonchev–Trinajstić information content (AvgIpc) is 3.07. The Hall–Kier alpha value is -1.53. The predicted octanol–water partition coefficient (Wildman–Crippen LogP) is 4.11. The van der Waals surface area contributed by atoms with E-state index in [-0.39, 0.29) is 5.92 Å². The van der Waals surface area contributed by atoms with Gasteiger partial charge in [-0.1, -0.05) is 20.8 Å². The molecular formula is C26H43N5O. The van der Waals surface area contributed by atoms with E-state index in [1.165, 1.54) is 37.7 Å². The second-order valence-electron chi connectivity index (χ2n) is 10.7.